The standard InChI is InChI=1S/C15H18ClNO2/c1-3-17-13(12-8-9-19-15(12)16)10-11-6-4-5-7-14(11)18-2/h4-9,13,17H,3,10H2,1-2H3. The van der Waals surface area contributed by atoms with Gasteiger partial charge in [0.25, 0.3) is 0 Å². The first-order chi connectivity index (χ1) is 9.26. The highest BCUT2D eigenvalue weighted by Gasteiger charge is 2.18. The zero-order chi connectivity index (χ0) is 13.7. The second kappa shape index (κ2) is 6.64. The van der Waals surface area contributed by atoms with E-state index in [9.17, 15) is 0 Å². The first kappa shape index (κ1) is 14.0. The molecule has 1 aromatic heterocycles. The molecule has 0 saturated heterocycles. The molecule has 0 fully saturated rings. The second-order valence-electron chi connectivity index (χ2n) is 4.28. The lowest BCUT2D eigenvalue weighted by atomic mass is 10.0. The van der Waals surface area contributed by atoms with Gasteiger partial charge in [0.15, 0.2) is 5.22 Å². The second-order valence-corrected chi connectivity index (χ2v) is 4.62. The zero-order valence-corrected chi connectivity index (χ0v) is 11.9. The molecule has 1 unspecified atom stereocenters. The molecule has 0 aliphatic carbocycles. The Morgan fingerprint density at radius 3 is 2.74 bits per heavy atom. The van der Waals surface area contributed by atoms with Crippen LogP contribution >= 0.6 is 11.6 Å². The normalized spacial score (nSPS) is 12.4. The van der Waals surface area contributed by atoms with Crippen molar-refractivity contribution in [1.29, 1.82) is 0 Å². The molecule has 0 radical (unpaired) electrons. The molecule has 0 aliphatic rings. The molecule has 3 nitrogen and oxygen atoms in total. The molecule has 1 N–H and O–H groups in total. The van der Waals surface area contributed by atoms with Crippen LogP contribution in [0.1, 0.15) is 24.1 Å². The largest absolute Gasteiger partial charge is 0.496 e. The number of ether oxygens (including phenoxy) is 1. The molecule has 102 valence electrons. The SMILES string of the molecule is CCNC(Cc1ccccc1OC)c1ccoc1Cl. The van der Waals surface area contributed by atoms with Gasteiger partial charge in [-0.25, -0.2) is 0 Å². The van der Waals surface area contributed by atoms with Gasteiger partial charge in [-0.15, -0.1) is 0 Å². The van der Waals surface area contributed by atoms with Crippen LogP contribution in [-0.4, -0.2) is 13.7 Å². The van der Waals surface area contributed by atoms with Gasteiger partial charge in [0.05, 0.1) is 13.4 Å². The van der Waals surface area contributed by atoms with Crippen molar-refractivity contribution in [3.05, 3.63) is 52.9 Å². The lowest BCUT2D eigenvalue weighted by Gasteiger charge is -2.18. The molecule has 0 spiro atoms. The van der Waals surface area contributed by atoms with E-state index >= 15 is 0 Å². The number of likely N-dealkylation sites (N-methyl/N-ethyl adjacent to an activating group) is 1. The highest BCUT2D eigenvalue weighted by Crippen LogP contribution is 2.29. The van der Waals surface area contributed by atoms with E-state index in [1.54, 1.807) is 13.4 Å². The molecule has 0 bridgehead atoms. The van der Waals surface area contributed by atoms with Crippen molar-refractivity contribution in [3.8, 4) is 5.75 Å². The number of hydrogen-bond acceptors (Lipinski definition) is 3. The van der Waals surface area contributed by atoms with E-state index in [1.165, 1.54) is 0 Å². The maximum absolute atomic E-state index is 6.07. The zero-order valence-electron chi connectivity index (χ0n) is 11.2. The Labute approximate surface area is 118 Å². The molecule has 0 aliphatic heterocycles. The number of nitrogens with one attached hydrogen (secondary N) is 1. The van der Waals surface area contributed by atoms with Crippen LogP contribution < -0.4 is 10.1 Å². The number of para-hydroxylation sites is 1. The third-order valence-corrected chi connectivity index (χ3v) is 3.40. The summed E-state index contributed by atoms with van der Waals surface area (Å²) in [7, 11) is 1.69. The van der Waals surface area contributed by atoms with Crippen LogP contribution in [0.3, 0.4) is 0 Å². The highest BCUT2D eigenvalue weighted by atomic mass is 35.5. The minimum Gasteiger partial charge on any atom is -0.496 e. The van der Waals surface area contributed by atoms with Crippen molar-refractivity contribution < 1.29 is 9.15 Å². The molecule has 0 saturated carbocycles. The van der Waals surface area contributed by atoms with Crippen LogP contribution in [0.25, 0.3) is 0 Å². The fourth-order valence-electron chi connectivity index (χ4n) is 2.18. The van der Waals surface area contributed by atoms with Crippen molar-refractivity contribution in [1.82, 2.24) is 5.32 Å². The minimum atomic E-state index is 0.118. The van der Waals surface area contributed by atoms with Crippen molar-refractivity contribution in [2.45, 2.75) is 19.4 Å². The molecule has 19 heavy (non-hydrogen) atoms. The van der Waals surface area contributed by atoms with Gasteiger partial charge in [-0.2, -0.15) is 0 Å². The van der Waals surface area contributed by atoms with Gasteiger partial charge >= 0.3 is 0 Å². The molecule has 2 aromatic rings. The topological polar surface area (TPSA) is 34.4 Å². The highest BCUT2D eigenvalue weighted by molar-refractivity contribution is 6.29. The number of hydrogen-bond donors (Lipinski definition) is 1. The predicted molar refractivity (Wildman–Crippen MR) is 76.8 cm³/mol. The first-order valence-corrected chi connectivity index (χ1v) is 6.72. The average Bonchev–Trinajstić information content (AvgIpc) is 2.85. The van der Waals surface area contributed by atoms with E-state index in [-0.39, 0.29) is 6.04 Å². The summed E-state index contributed by atoms with van der Waals surface area (Å²) < 4.78 is 10.6. The smallest absolute Gasteiger partial charge is 0.197 e. The number of furan rings is 1. The van der Waals surface area contributed by atoms with Crippen molar-refractivity contribution >= 4 is 11.6 Å². The Balaban J connectivity index is 2.24. The van der Waals surface area contributed by atoms with E-state index in [4.69, 9.17) is 20.8 Å². The Morgan fingerprint density at radius 2 is 2.11 bits per heavy atom. The maximum atomic E-state index is 6.07. The van der Waals surface area contributed by atoms with E-state index in [0.717, 1.165) is 29.8 Å². The summed E-state index contributed by atoms with van der Waals surface area (Å²) in [6.07, 6.45) is 2.42. The van der Waals surface area contributed by atoms with Crippen LogP contribution in [0.5, 0.6) is 5.75 Å². The number of rotatable bonds is 6. The lowest BCUT2D eigenvalue weighted by Crippen LogP contribution is -2.23. The quantitative estimate of drug-likeness (QED) is 0.872. The van der Waals surface area contributed by atoms with Crippen LogP contribution in [-0.2, 0) is 6.42 Å². The first-order valence-electron chi connectivity index (χ1n) is 6.34. The Kier molecular flexibility index (Phi) is 4.88. The van der Waals surface area contributed by atoms with Crippen molar-refractivity contribution in [3.63, 3.8) is 0 Å². The Hall–Kier alpha value is -1.45. The van der Waals surface area contributed by atoms with E-state index in [0.29, 0.717) is 5.22 Å². The number of benzene rings is 1. The molecule has 2 rings (SSSR count). The van der Waals surface area contributed by atoms with E-state index < -0.39 is 0 Å². The Morgan fingerprint density at radius 1 is 1.32 bits per heavy atom. The van der Waals surface area contributed by atoms with Crippen molar-refractivity contribution in [2.75, 3.05) is 13.7 Å². The fraction of sp³-hybridized carbons (Fsp3) is 0.333. The summed E-state index contributed by atoms with van der Waals surface area (Å²) in [5.74, 6) is 0.894. The predicted octanol–water partition coefficient (Wildman–Crippen LogP) is 3.83. The van der Waals surface area contributed by atoms with Gasteiger partial charge in [0.1, 0.15) is 5.75 Å². The third kappa shape index (κ3) is 3.31. The molecular formula is C15H18ClNO2. The van der Waals surface area contributed by atoms with Crippen LogP contribution in [0, 0.1) is 0 Å². The molecule has 1 aromatic carbocycles. The minimum absolute atomic E-state index is 0.118. The van der Waals surface area contributed by atoms with Crippen LogP contribution in [0.2, 0.25) is 5.22 Å². The van der Waals surface area contributed by atoms with Crippen molar-refractivity contribution in [2.24, 2.45) is 0 Å². The fourth-order valence-corrected chi connectivity index (χ4v) is 2.43. The van der Waals surface area contributed by atoms with Crippen LogP contribution in [0.4, 0.5) is 0 Å². The molecule has 4 heteroatoms. The van der Waals surface area contributed by atoms with Gasteiger partial charge in [-0.3, -0.25) is 0 Å². The summed E-state index contributed by atoms with van der Waals surface area (Å²) in [6.45, 7) is 2.94. The van der Waals surface area contributed by atoms with Gasteiger partial charge < -0.3 is 14.5 Å². The maximum Gasteiger partial charge on any atom is 0.197 e. The summed E-state index contributed by atoms with van der Waals surface area (Å²) in [6, 6.07) is 10.0. The molecule has 0 amide bonds. The van der Waals surface area contributed by atoms with Gasteiger partial charge in [-0.05, 0) is 42.3 Å². The Bertz CT molecular complexity index is 524. The molecular weight excluding hydrogens is 262 g/mol. The summed E-state index contributed by atoms with van der Waals surface area (Å²) in [4.78, 5) is 0. The monoisotopic (exact) mass is 279 g/mol. The summed E-state index contributed by atoms with van der Waals surface area (Å²) in [5.41, 5.74) is 2.13. The van der Waals surface area contributed by atoms with E-state index in [2.05, 4.69) is 18.3 Å². The van der Waals surface area contributed by atoms with E-state index in [1.807, 2.05) is 24.3 Å². The van der Waals surface area contributed by atoms with Gasteiger partial charge in [0, 0.05) is 11.6 Å². The average molecular weight is 280 g/mol. The van der Waals surface area contributed by atoms with Gasteiger partial charge in [0.2, 0.25) is 0 Å². The molecule has 1 atom stereocenters. The summed E-state index contributed by atoms with van der Waals surface area (Å²) in [5, 5.41) is 3.87. The number of methoxy groups -OCH3 is 1. The van der Waals surface area contributed by atoms with Gasteiger partial charge in [-0.1, -0.05) is 25.1 Å². The summed E-state index contributed by atoms with van der Waals surface area (Å²) >= 11 is 6.07. The molecule has 1 heterocycles. The number of halogens is 1. The van der Waals surface area contributed by atoms with Crippen LogP contribution in [0.15, 0.2) is 41.0 Å². The third-order valence-electron chi connectivity index (χ3n) is 3.09. The lowest BCUT2D eigenvalue weighted by molar-refractivity contribution is 0.405.